The Balaban J connectivity index is 2.20. The molecule has 168 valence electrons. The van der Waals surface area contributed by atoms with Crippen molar-refractivity contribution in [2.75, 3.05) is 27.4 Å². The Morgan fingerprint density at radius 3 is 2.55 bits per heavy atom. The van der Waals surface area contributed by atoms with Crippen molar-refractivity contribution >= 4 is 63.5 Å². The minimum absolute atomic E-state index is 0.169. The molecule has 11 heteroatoms. The Kier molecular flexibility index (Phi) is 9.16. The van der Waals surface area contributed by atoms with Crippen molar-refractivity contribution in [3.63, 3.8) is 0 Å². The molecule has 0 saturated carbocycles. The zero-order chi connectivity index (χ0) is 23.1. The maximum Gasteiger partial charge on any atom is 0.343 e. The van der Waals surface area contributed by atoms with Crippen molar-refractivity contribution in [3.8, 4) is 11.5 Å². The average molecular weight is 563 g/mol. The maximum atomic E-state index is 12.6. The summed E-state index contributed by atoms with van der Waals surface area (Å²) < 4.78 is 21.1. The van der Waals surface area contributed by atoms with Crippen LogP contribution in [-0.4, -0.2) is 61.5 Å². The SMILES string of the molecule is CC[C@@H](C)OC(=O)CN1C(=O)S/C(=C\c2cc(I)c(OCC(=O)OC)c(OC)c2)C1=O. The summed E-state index contributed by atoms with van der Waals surface area (Å²) in [7, 11) is 2.70. The van der Waals surface area contributed by atoms with E-state index >= 15 is 0 Å². The second-order valence-corrected chi connectivity index (χ2v) is 8.53. The lowest BCUT2D eigenvalue weighted by Crippen LogP contribution is -2.35. The first-order valence-electron chi connectivity index (χ1n) is 9.22. The summed E-state index contributed by atoms with van der Waals surface area (Å²) in [6.07, 6.45) is 1.87. The van der Waals surface area contributed by atoms with Gasteiger partial charge in [0, 0.05) is 0 Å². The van der Waals surface area contributed by atoms with E-state index in [1.54, 1.807) is 19.1 Å². The van der Waals surface area contributed by atoms with Crippen molar-refractivity contribution < 1.29 is 38.1 Å². The number of amides is 2. The van der Waals surface area contributed by atoms with E-state index in [0.29, 0.717) is 27.1 Å². The molecule has 1 aromatic carbocycles. The van der Waals surface area contributed by atoms with Crippen molar-refractivity contribution in [3.05, 3.63) is 26.2 Å². The second-order valence-electron chi connectivity index (χ2n) is 6.38. The van der Waals surface area contributed by atoms with Crippen molar-refractivity contribution in [1.82, 2.24) is 4.90 Å². The third-order valence-electron chi connectivity index (χ3n) is 4.18. The van der Waals surface area contributed by atoms with E-state index in [-0.39, 0.29) is 17.6 Å². The number of imide groups is 1. The molecule has 9 nitrogen and oxygen atoms in total. The predicted octanol–water partition coefficient (Wildman–Crippen LogP) is 3.23. The Hall–Kier alpha value is -2.28. The molecule has 1 saturated heterocycles. The first kappa shape index (κ1) is 25.0. The van der Waals surface area contributed by atoms with Gasteiger partial charge in [-0.3, -0.25) is 19.3 Å². The fraction of sp³-hybridized carbons (Fsp3) is 0.400. The molecule has 0 unspecified atom stereocenters. The largest absolute Gasteiger partial charge is 0.493 e. The fourth-order valence-corrected chi connectivity index (χ4v) is 4.03. The number of methoxy groups -OCH3 is 2. The average Bonchev–Trinajstić information content (AvgIpc) is 2.99. The number of halogens is 1. The maximum absolute atomic E-state index is 12.6. The quantitative estimate of drug-likeness (QED) is 0.254. The van der Waals surface area contributed by atoms with Gasteiger partial charge in [0.05, 0.1) is 28.8 Å². The van der Waals surface area contributed by atoms with Gasteiger partial charge in [0.25, 0.3) is 11.1 Å². The number of nitrogens with zero attached hydrogens (tertiary/aromatic N) is 1. The topological polar surface area (TPSA) is 108 Å². The van der Waals surface area contributed by atoms with Crippen LogP contribution in [0, 0.1) is 3.57 Å². The van der Waals surface area contributed by atoms with E-state index < -0.39 is 29.6 Å². The van der Waals surface area contributed by atoms with E-state index in [9.17, 15) is 19.2 Å². The van der Waals surface area contributed by atoms with Gasteiger partial charge in [0.2, 0.25) is 0 Å². The predicted molar refractivity (Wildman–Crippen MR) is 122 cm³/mol. The number of esters is 2. The third kappa shape index (κ3) is 6.60. The van der Waals surface area contributed by atoms with Gasteiger partial charge in [-0.15, -0.1) is 0 Å². The van der Waals surface area contributed by atoms with Crippen LogP contribution in [0.3, 0.4) is 0 Å². The number of rotatable bonds is 9. The van der Waals surface area contributed by atoms with Gasteiger partial charge in [-0.25, -0.2) is 4.79 Å². The normalized spacial score (nSPS) is 15.8. The van der Waals surface area contributed by atoms with Gasteiger partial charge >= 0.3 is 11.9 Å². The van der Waals surface area contributed by atoms with Crippen LogP contribution in [0.15, 0.2) is 17.0 Å². The van der Waals surface area contributed by atoms with E-state index in [2.05, 4.69) is 4.74 Å². The highest BCUT2D eigenvalue weighted by atomic mass is 127. The molecule has 1 aliphatic heterocycles. The van der Waals surface area contributed by atoms with Crippen LogP contribution >= 0.6 is 34.4 Å². The number of carbonyl (C=O) groups excluding carboxylic acids is 4. The number of hydrogen-bond donors (Lipinski definition) is 0. The number of carbonyl (C=O) groups is 4. The summed E-state index contributed by atoms with van der Waals surface area (Å²) in [5, 5.41) is -0.544. The third-order valence-corrected chi connectivity index (χ3v) is 5.89. The molecule has 0 radical (unpaired) electrons. The van der Waals surface area contributed by atoms with Gasteiger partial charge in [-0.05, 0) is 71.5 Å². The smallest absolute Gasteiger partial charge is 0.343 e. The molecule has 0 bridgehead atoms. The van der Waals surface area contributed by atoms with E-state index in [0.717, 1.165) is 16.7 Å². The summed E-state index contributed by atoms with van der Waals surface area (Å²) in [5.41, 5.74) is 0.583. The zero-order valence-electron chi connectivity index (χ0n) is 17.4. The lowest BCUT2D eigenvalue weighted by molar-refractivity contribution is -0.150. The van der Waals surface area contributed by atoms with Crippen LogP contribution in [-0.2, 0) is 23.9 Å². The van der Waals surface area contributed by atoms with Gasteiger partial charge in [0.15, 0.2) is 18.1 Å². The van der Waals surface area contributed by atoms with Crippen LogP contribution in [0.1, 0.15) is 25.8 Å². The molecule has 0 N–H and O–H groups in total. The molecular formula is C20H22INO8S. The molecule has 1 aromatic rings. The van der Waals surface area contributed by atoms with Gasteiger partial charge < -0.3 is 18.9 Å². The van der Waals surface area contributed by atoms with Crippen LogP contribution < -0.4 is 9.47 Å². The van der Waals surface area contributed by atoms with Crippen LogP contribution in [0.25, 0.3) is 6.08 Å². The van der Waals surface area contributed by atoms with Crippen molar-refractivity contribution in [2.45, 2.75) is 26.4 Å². The van der Waals surface area contributed by atoms with E-state index in [4.69, 9.17) is 14.2 Å². The highest BCUT2D eigenvalue weighted by Gasteiger charge is 2.37. The lowest BCUT2D eigenvalue weighted by atomic mass is 10.2. The monoisotopic (exact) mass is 563 g/mol. The molecule has 2 amide bonds. The van der Waals surface area contributed by atoms with Gasteiger partial charge in [-0.1, -0.05) is 6.92 Å². The first-order valence-corrected chi connectivity index (χ1v) is 11.1. The fourth-order valence-electron chi connectivity index (χ4n) is 2.41. The van der Waals surface area contributed by atoms with Crippen LogP contribution in [0.2, 0.25) is 0 Å². The summed E-state index contributed by atoms with van der Waals surface area (Å²) in [6.45, 7) is 2.88. The van der Waals surface area contributed by atoms with Crippen molar-refractivity contribution in [1.29, 1.82) is 0 Å². The van der Waals surface area contributed by atoms with E-state index in [1.807, 2.05) is 29.5 Å². The molecule has 1 aliphatic rings. The molecule has 0 aliphatic carbocycles. The zero-order valence-corrected chi connectivity index (χ0v) is 20.4. The molecule has 0 spiro atoms. The van der Waals surface area contributed by atoms with Gasteiger partial charge in [0.1, 0.15) is 6.54 Å². The number of ether oxygens (including phenoxy) is 4. The summed E-state index contributed by atoms with van der Waals surface area (Å²) in [6, 6.07) is 3.32. The van der Waals surface area contributed by atoms with Crippen LogP contribution in [0.4, 0.5) is 4.79 Å². The highest BCUT2D eigenvalue weighted by molar-refractivity contribution is 14.1. The molecular weight excluding hydrogens is 541 g/mol. The summed E-state index contributed by atoms with van der Waals surface area (Å²) in [5.74, 6) is -1.05. The minimum Gasteiger partial charge on any atom is -0.493 e. The molecule has 1 heterocycles. The molecule has 31 heavy (non-hydrogen) atoms. The number of hydrogen-bond acceptors (Lipinski definition) is 9. The van der Waals surface area contributed by atoms with Crippen molar-refractivity contribution in [2.24, 2.45) is 0 Å². The lowest BCUT2D eigenvalue weighted by Gasteiger charge is -2.15. The molecule has 1 atom stereocenters. The Morgan fingerprint density at radius 2 is 1.94 bits per heavy atom. The molecule has 2 rings (SSSR count). The minimum atomic E-state index is -0.638. The number of thioether (sulfide) groups is 1. The van der Waals surface area contributed by atoms with E-state index in [1.165, 1.54) is 20.3 Å². The molecule has 0 aromatic heterocycles. The second kappa shape index (κ2) is 11.4. The standard InChI is InChI=1S/C20H22INO8S/c1-5-11(2)30-16(23)9-22-19(25)15(31-20(22)26)8-12-6-13(21)18(14(7-12)27-3)29-10-17(24)28-4/h6-8,11H,5,9-10H2,1-4H3/b15-8-/t11-/m1/s1. The molecule has 1 fully saturated rings. The Bertz CT molecular complexity index is 917. The summed E-state index contributed by atoms with van der Waals surface area (Å²) in [4.78, 5) is 49.2. The first-order chi connectivity index (χ1) is 14.7. The Labute approximate surface area is 197 Å². The number of benzene rings is 1. The highest BCUT2D eigenvalue weighted by Crippen LogP contribution is 2.37. The Morgan fingerprint density at radius 1 is 1.23 bits per heavy atom. The summed E-state index contributed by atoms with van der Waals surface area (Å²) >= 11 is 2.75. The van der Waals surface area contributed by atoms with Gasteiger partial charge in [-0.2, -0.15) is 0 Å². The van der Waals surface area contributed by atoms with Crippen LogP contribution in [0.5, 0.6) is 11.5 Å².